The summed E-state index contributed by atoms with van der Waals surface area (Å²) >= 11 is 1.88. The molecule has 0 amide bonds. The molecule has 0 radical (unpaired) electrons. The summed E-state index contributed by atoms with van der Waals surface area (Å²) in [7, 11) is -2.37. The number of thiophene rings is 1. The molecule has 1 unspecified atom stereocenters. The Morgan fingerprint density at radius 1 is 0.406 bits per heavy atom. The van der Waals surface area contributed by atoms with Gasteiger partial charge in [-0.25, -0.2) is 0 Å². The molecule has 11 aromatic carbocycles. The second kappa shape index (κ2) is 14.3. The third-order valence-electron chi connectivity index (χ3n) is 15.8. The Morgan fingerprint density at radius 2 is 1.01 bits per heavy atom. The predicted octanol–water partition coefficient (Wildman–Crippen LogP) is 16.4. The van der Waals surface area contributed by atoms with Crippen LogP contribution in [0.15, 0.2) is 231 Å². The summed E-state index contributed by atoms with van der Waals surface area (Å²) in [6.07, 6.45) is 0. The lowest BCUT2D eigenvalue weighted by atomic mass is 9.59. The summed E-state index contributed by atoms with van der Waals surface area (Å²) in [6.45, 7) is 5.16. The molecule has 1 spiro atoms. The van der Waals surface area contributed by atoms with Crippen molar-refractivity contribution in [3.05, 3.63) is 253 Å². The molecular formula is C65H44N2SSi. The van der Waals surface area contributed by atoms with E-state index < -0.39 is 13.5 Å². The molecule has 1 aliphatic carbocycles. The first kappa shape index (κ1) is 39.0. The van der Waals surface area contributed by atoms with E-state index in [0.29, 0.717) is 0 Å². The van der Waals surface area contributed by atoms with Crippen molar-refractivity contribution in [3.63, 3.8) is 0 Å². The summed E-state index contributed by atoms with van der Waals surface area (Å²) in [5.74, 6) is 0. The number of fused-ring (bicyclic) bond motifs is 15. The predicted molar refractivity (Wildman–Crippen MR) is 297 cm³/mol. The summed E-state index contributed by atoms with van der Waals surface area (Å²) in [6, 6.07) is 87.5. The molecule has 3 heterocycles. The third kappa shape index (κ3) is 5.20. The molecule has 2 aromatic heterocycles. The minimum atomic E-state index is -2.37. The van der Waals surface area contributed by atoms with E-state index in [1.54, 1.807) is 0 Å². The Hall–Kier alpha value is -8.02. The minimum Gasteiger partial charge on any atom is -0.310 e. The lowest BCUT2D eigenvalue weighted by Gasteiger charge is -2.50. The van der Waals surface area contributed by atoms with Crippen molar-refractivity contribution < 1.29 is 0 Å². The van der Waals surface area contributed by atoms with Crippen molar-refractivity contribution in [2.24, 2.45) is 0 Å². The van der Waals surface area contributed by atoms with Crippen molar-refractivity contribution in [3.8, 4) is 16.8 Å². The standard InChI is InChI=1S/C65H44N2SSi/c1-69(2)61-34-12-9-27-52(61)65(51-26-8-5-22-46(51)48-25-13-19-42-20-14-28-54(65)63(42)48)53-37-35-44(40-62(53)69)66(58-31-16-33-60-64(58)49-24-7-11-32-59(49)68-60)43-36-38-57-50(39-43)47-23-6-10-29-56(47)67(57)55-30-15-18-41-17-3-4-21-45(41)55/h3-40H,1-2H3. The first-order chi connectivity index (χ1) is 34.0. The Kier molecular flexibility index (Phi) is 8.06. The van der Waals surface area contributed by atoms with Gasteiger partial charge < -0.3 is 9.47 Å². The van der Waals surface area contributed by atoms with E-state index in [1.165, 1.54) is 124 Å². The molecule has 324 valence electrons. The summed E-state index contributed by atoms with van der Waals surface area (Å²) < 4.78 is 5.06. The van der Waals surface area contributed by atoms with Gasteiger partial charge in [0.25, 0.3) is 0 Å². The van der Waals surface area contributed by atoms with Gasteiger partial charge in [-0.3, -0.25) is 0 Å². The van der Waals surface area contributed by atoms with Crippen LogP contribution in [-0.4, -0.2) is 12.6 Å². The molecule has 2 nitrogen and oxygen atoms in total. The highest BCUT2D eigenvalue weighted by Gasteiger charge is 2.52. The van der Waals surface area contributed by atoms with Crippen LogP contribution in [0.1, 0.15) is 22.3 Å². The molecule has 0 saturated heterocycles. The highest BCUT2D eigenvalue weighted by molar-refractivity contribution is 7.26. The van der Waals surface area contributed by atoms with E-state index in [0.717, 1.165) is 5.69 Å². The molecule has 1 aliphatic heterocycles. The molecule has 0 N–H and O–H groups in total. The zero-order chi connectivity index (χ0) is 45.6. The van der Waals surface area contributed by atoms with Gasteiger partial charge in [-0.05, 0) is 121 Å². The SMILES string of the molecule is C[Si]1(C)c2ccccc2C2(c3ccccc3-c3cccc4cccc2c34)c2ccc(N(c3ccc4c(c3)c3ccccc3n4-c3cccc4ccccc34)c3cccc4sc5ccccc5c34)cc21. The smallest absolute Gasteiger partial charge is 0.113 e. The fourth-order valence-electron chi connectivity index (χ4n) is 12.9. The van der Waals surface area contributed by atoms with Gasteiger partial charge in [-0.15, -0.1) is 11.3 Å². The second-order valence-electron chi connectivity index (χ2n) is 19.5. The van der Waals surface area contributed by atoms with Crippen LogP contribution in [0.3, 0.4) is 0 Å². The number of rotatable bonds is 4. The van der Waals surface area contributed by atoms with Crippen LogP contribution in [0.2, 0.25) is 13.1 Å². The number of benzene rings is 11. The number of para-hydroxylation sites is 1. The molecular weight excluding hydrogens is 869 g/mol. The monoisotopic (exact) mass is 912 g/mol. The van der Waals surface area contributed by atoms with Gasteiger partial charge in [0.05, 0.1) is 27.8 Å². The molecule has 13 aromatic rings. The Bertz CT molecular complexity index is 4320. The number of anilines is 3. The molecule has 0 bridgehead atoms. The Balaban J connectivity index is 1.03. The molecule has 15 rings (SSSR count). The molecule has 2 aliphatic rings. The number of hydrogen-bond donors (Lipinski definition) is 0. The number of hydrogen-bond acceptors (Lipinski definition) is 2. The largest absolute Gasteiger partial charge is 0.310 e. The van der Waals surface area contributed by atoms with Crippen LogP contribution in [0, 0.1) is 0 Å². The van der Waals surface area contributed by atoms with Crippen LogP contribution in [0.25, 0.3) is 80.3 Å². The van der Waals surface area contributed by atoms with Gasteiger partial charge in [0, 0.05) is 47.7 Å². The first-order valence-electron chi connectivity index (χ1n) is 24.1. The van der Waals surface area contributed by atoms with E-state index in [4.69, 9.17) is 0 Å². The fraction of sp³-hybridized carbons (Fsp3) is 0.0462. The molecule has 1 atom stereocenters. The van der Waals surface area contributed by atoms with Crippen LogP contribution in [0.4, 0.5) is 17.1 Å². The molecule has 0 saturated carbocycles. The van der Waals surface area contributed by atoms with Gasteiger partial charge in [0.15, 0.2) is 0 Å². The highest BCUT2D eigenvalue weighted by atomic mass is 32.1. The van der Waals surface area contributed by atoms with E-state index in [9.17, 15) is 0 Å². The average molecular weight is 913 g/mol. The molecule has 0 fully saturated rings. The van der Waals surface area contributed by atoms with Gasteiger partial charge in [0.1, 0.15) is 8.07 Å². The summed E-state index contributed by atoms with van der Waals surface area (Å²) in [5, 5.41) is 13.2. The second-order valence-corrected chi connectivity index (χ2v) is 25.0. The van der Waals surface area contributed by atoms with Crippen molar-refractivity contribution in [2.75, 3.05) is 4.90 Å². The lowest BCUT2D eigenvalue weighted by Crippen LogP contribution is -2.63. The highest BCUT2D eigenvalue weighted by Crippen LogP contribution is 2.57. The number of nitrogens with zero attached hydrogens (tertiary/aromatic N) is 2. The molecule has 4 heteroatoms. The van der Waals surface area contributed by atoms with Crippen molar-refractivity contribution in [2.45, 2.75) is 18.5 Å². The Labute approximate surface area is 405 Å². The summed E-state index contributed by atoms with van der Waals surface area (Å²) in [4.78, 5) is 2.58. The maximum atomic E-state index is 2.61. The Morgan fingerprint density at radius 3 is 1.93 bits per heavy atom. The van der Waals surface area contributed by atoms with Gasteiger partial charge in [-0.2, -0.15) is 0 Å². The van der Waals surface area contributed by atoms with Crippen molar-refractivity contribution >= 4 is 110 Å². The van der Waals surface area contributed by atoms with Crippen molar-refractivity contribution in [1.29, 1.82) is 0 Å². The van der Waals surface area contributed by atoms with Gasteiger partial charge in [-0.1, -0.05) is 183 Å². The molecule has 69 heavy (non-hydrogen) atoms. The maximum absolute atomic E-state index is 2.61. The van der Waals surface area contributed by atoms with Crippen LogP contribution < -0.4 is 15.3 Å². The number of aromatic nitrogens is 1. The fourth-order valence-corrected chi connectivity index (χ4v) is 17.3. The van der Waals surface area contributed by atoms with Crippen LogP contribution in [-0.2, 0) is 5.41 Å². The average Bonchev–Trinajstić information content (AvgIpc) is 3.95. The third-order valence-corrected chi connectivity index (χ3v) is 20.5. The van der Waals surface area contributed by atoms with Crippen molar-refractivity contribution in [1.82, 2.24) is 4.57 Å². The normalized spacial score (nSPS) is 15.6. The zero-order valence-corrected chi connectivity index (χ0v) is 40.1. The lowest BCUT2D eigenvalue weighted by molar-refractivity contribution is 0.754. The maximum Gasteiger partial charge on any atom is 0.113 e. The van der Waals surface area contributed by atoms with Gasteiger partial charge >= 0.3 is 0 Å². The van der Waals surface area contributed by atoms with E-state index in [-0.39, 0.29) is 0 Å². The van der Waals surface area contributed by atoms with Crippen LogP contribution >= 0.6 is 11.3 Å². The van der Waals surface area contributed by atoms with Gasteiger partial charge in [0.2, 0.25) is 0 Å². The summed E-state index contributed by atoms with van der Waals surface area (Å²) in [5.41, 5.74) is 14.8. The van der Waals surface area contributed by atoms with Crippen LogP contribution in [0.5, 0.6) is 0 Å². The van der Waals surface area contributed by atoms with E-state index >= 15 is 0 Å². The quantitative estimate of drug-likeness (QED) is 0.160. The zero-order valence-electron chi connectivity index (χ0n) is 38.2. The van der Waals surface area contributed by atoms with E-state index in [1.807, 2.05) is 11.3 Å². The first-order valence-corrected chi connectivity index (χ1v) is 27.9. The topological polar surface area (TPSA) is 8.17 Å². The van der Waals surface area contributed by atoms with E-state index in [2.05, 4.69) is 253 Å². The minimum absolute atomic E-state index is 0.506.